The average Bonchev–Trinajstić information content (AvgIpc) is 2.94. The van der Waals surface area contributed by atoms with Crippen molar-refractivity contribution < 1.29 is 5.11 Å². The van der Waals surface area contributed by atoms with Crippen LogP contribution in [0.2, 0.25) is 0 Å². The Morgan fingerprint density at radius 3 is 2.88 bits per heavy atom. The summed E-state index contributed by atoms with van der Waals surface area (Å²) in [6, 6.07) is 0. The molecule has 0 atom stereocenters. The van der Waals surface area contributed by atoms with Crippen molar-refractivity contribution in [3.8, 4) is 0 Å². The van der Waals surface area contributed by atoms with Crippen molar-refractivity contribution >= 4 is 0 Å². The van der Waals surface area contributed by atoms with Crippen molar-refractivity contribution in [1.82, 2.24) is 15.1 Å². The molecule has 2 heterocycles. The fraction of sp³-hybridized carbons (Fsp3) is 0.769. The molecule has 0 radical (unpaired) electrons. The molecule has 0 unspecified atom stereocenters. The number of nitrogens with zero attached hydrogens (tertiary/aromatic N) is 2. The fourth-order valence-electron chi connectivity index (χ4n) is 3.24. The van der Waals surface area contributed by atoms with E-state index in [-0.39, 0.29) is 6.61 Å². The summed E-state index contributed by atoms with van der Waals surface area (Å²) < 4.78 is 2.06. The molecule has 4 heteroatoms. The number of hydrogen-bond acceptors (Lipinski definition) is 3. The largest absolute Gasteiger partial charge is 0.394 e. The van der Waals surface area contributed by atoms with E-state index in [0.717, 1.165) is 19.5 Å². The van der Waals surface area contributed by atoms with Gasteiger partial charge in [0.25, 0.3) is 0 Å². The first-order chi connectivity index (χ1) is 8.40. The lowest BCUT2D eigenvalue weighted by Gasteiger charge is -2.21. The Bertz CT molecular complexity index is 394. The van der Waals surface area contributed by atoms with E-state index >= 15 is 0 Å². The summed E-state index contributed by atoms with van der Waals surface area (Å²) >= 11 is 0. The summed E-state index contributed by atoms with van der Waals surface area (Å²) in [6.45, 7) is 3.09. The number of aliphatic hydroxyl groups excluding tert-OH is 1. The van der Waals surface area contributed by atoms with Crippen LogP contribution in [0.3, 0.4) is 0 Å². The highest BCUT2D eigenvalue weighted by Gasteiger charge is 2.27. The van der Waals surface area contributed by atoms with Gasteiger partial charge in [-0.05, 0) is 50.8 Å². The molecule has 4 nitrogen and oxygen atoms in total. The van der Waals surface area contributed by atoms with Gasteiger partial charge in [-0.15, -0.1) is 0 Å². The molecule has 2 aliphatic rings. The van der Waals surface area contributed by atoms with Gasteiger partial charge in [0.15, 0.2) is 0 Å². The third kappa shape index (κ3) is 2.00. The summed E-state index contributed by atoms with van der Waals surface area (Å²) in [5.41, 5.74) is 4.24. The molecular formula is C13H21N3O. The van der Waals surface area contributed by atoms with Crippen molar-refractivity contribution in [2.75, 3.05) is 19.7 Å². The Kier molecular flexibility index (Phi) is 3.16. The molecule has 1 aromatic rings. The maximum Gasteiger partial charge on any atom is 0.0691 e. The second-order valence-corrected chi connectivity index (χ2v) is 5.14. The topological polar surface area (TPSA) is 50.1 Å². The zero-order chi connectivity index (χ0) is 11.7. The molecule has 1 aliphatic carbocycles. The van der Waals surface area contributed by atoms with Gasteiger partial charge in [0.1, 0.15) is 0 Å². The summed E-state index contributed by atoms with van der Waals surface area (Å²) in [7, 11) is 0. The zero-order valence-corrected chi connectivity index (χ0v) is 10.3. The average molecular weight is 235 g/mol. The minimum Gasteiger partial charge on any atom is -0.394 e. The smallest absolute Gasteiger partial charge is 0.0691 e. The second-order valence-electron chi connectivity index (χ2n) is 5.14. The van der Waals surface area contributed by atoms with Crippen molar-refractivity contribution in [1.29, 1.82) is 0 Å². The van der Waals surface area contributed by atoms with Crippen LogP contribution in [0.1, 0.15) is 42.1 Å². The van der Waals surface area contributed by atoms with Crippen molar-refractivity contribution in [2.45, 2.75) is 44.6 Å². The fourth-order valence-corrected chi connectivity index (χ4v) is 3.24. The minimum absolute atomic E-state index is 0.194. The molecular weight excluding hydrogens is 214 g/mol. The second kappa shape index (κ2) is 4.78. The van der Waals surface area contributed by atoms with Gasteiger partial charge in [0.2, 0.25) is 0 Å². The number of aliphatic hydroxyl groups is 1. The van der Waals surface area contributed by atoms with E-state index in [2.05, 4.69) is 10.00 Å². The molecule has 1 aliphatic heterocycles. The maximum atomic E-state index is 9.10. The number of nitrogens with one attached hydrogen (secondary N) is 1. The molecule has 0 amide bonds. The van der Waals surface area contributed by atoms with Gasteiger partial charge in [-0.3, -0.25) is 4.68 Å². The van der Waals surface area contributed by atoms with Crippen molar-refractivity contribution in [3.63, 3.8) is 0 Å². The van der Waals surface area contributed by atoms with E-state index in [9.17, 15) is 0 Å². The standard InChI is InChI=1S/C13H21N3O/c17-9-8-16-12-3-1-2-11(12)13(15-16)10-4-6-14-7-5-10/h10,14,17H,1-9H2. The highest BCUT2D eigenvalue weighted by molar-refractivity contribution is 5.33. The lowest BCUT2D eigenvalue weighted by molar-refractivity contribution is 0.266. The van der Waals surface area contributed by atoms with Gasteiger partial charge >= 0.3 is 0 Å². The predicted molar refractivity (Wildman–Crippen MR) is 66.2 cm³/mol. The lowest BCUT2D eigenvalue weighted by Crippen LogP contribution is -2.27. The number of hydrogen-bond donors (Lipinski definition) is 2. The van der Waals surface area contributed by atoms with Gasteiger partial charge in [-0.25, -0.2) is 0 Å². The first-order valence-electron chi connectivity index (χ1n) is 6.80. The van der Waals surface area contributed by atoms with Crippen LogP contribution in [0.15, 0.2) is 0 Å². The molecule has 94 valence electrons. The monoisotopic (exact) mass is 235 g/mol. The first kappa shape index (κ1) is 11.2. The summed E-state index contributed by atoms with van der Waals surface area (Å²) in [4.78, 5) is 0. The lowest BCUT2D eigenvalue weighted by atomic mass is 9.92. The SMILES string of the molecule is OCCn1nc(C2CCNCC2)c2c1CCC2. The van der Waals surface area contributed by atoms with Gasteiger partial charge in [-0.2, -0.15) is 5.10 Å². The summed E-state index contributed by atoms with van der Waals surface area (Å²) in [5.74, 6) is 0.642. The van der Waals surface area contributed by atoms with Gasteiger partial charge in [0, 0.05) is 11.6 Å². The number of fused-ring (bicyclic) bond motifs is 1. The van der Waals surface area contributed by atoms with Crippen molar-refractivity contribution in [2.24, 2.45) is 0 Å². The Labute approximate surface area is 102 Å². The van der Waals surface area contributed by atoms with Crippen molar-refractivity contribution in [3.05, 3.63) is 17.0 Å². The Morgan fingerprint density at radius 2 is 2.12 bits per heavy atom. The van der Waals surface area contributed by atoms with Crippen LogP contribution in [0.25, 0.3) is 0 Å². The quantitative estimate of drug-likeness (QED) is 0.816. The molecule has 0 bridgehead atoms. The van der Waals surface area contributed by atoms with Crippen LogP contribution in [0.4, 0.5) is 0 Å². The Morgan fingerprint density at radius 1 is 1.29 bits per heavy atom. The highest BCUT2D eigenvalue weighted by Crippen LogP contribution is 2.33. The number of rotatable bonds is 3. The van der Waals surface area contributed by atoms with E-state index in [0.29, 0.717) is 12.5 Å². The Balaban J connectivity index is 1.90. The zero-order valence-electron chi connectivity index (χ0n) is 10.3. The minimum atomic E-state index is 0.194. The van der Waals surface area contributed by atoms with E-state index < -0.39 is 0 Å². The normalized spacial score (nSPS) is 20.8. The summed E-state index contributed by atoms with van der Waals surface area (Å²) in [5, 5.41) is 17.3. The third-order valence-corrected chi connectivity index (χ3v) is 4.08. The molecule has 1 saturated heterocycles. The molecule has 17 heavy (non-hydrogen) atoms. The number of piperidine rings is 1. The molecule has 3 rings (SSSR count). The third-order valence-electron chi connectivity index (χ3n) is 4.08. The van der Waals surface area contributed by atoms with Crippen LogP contribution in [0, 0.1) is 0 Å². The molecule has 0 spiro atoms. The molecule has 0 aromatic carbocycles. The number of aromatic nitrogens is 2. The van der Waals surface area contributed by atoms with Gasteiger partial charge in [-0.1, -0.05) is 0 Å². The van der Waals surface area contributed by atoms with E-state index in [4.69, 9.17) is 10.2 Å². The van der Waals surface area contributed by atoms with Gasteiger partial charge < -0.3 is 10.4 Å². The molecule has 1 fully saturated rings. The maximum absolute atomic E-state index is 9.10. The molecule has 0 saturated carbocycles. The van der Waals surface area contributed by atoms with E-state index in [1.807, 2.05) is 0 Å². The predicted octanol–water partition coefficient (Wildman–Crippen LogP) is 0.831. The first-order valence-corrected chi connectivity index (χ1v) is 6.80. The van der Waals surface area contributed by atoms with Crippen LogP contribution < -0.4 is 5.32 Å². The van der Waals surface area contributed by atoms with Gasteiger partial charge in [0.05, 0.1) is 18.8 Å². The summed E-state index contributed by atoms with van der Waals surface area (Å²) in [6.07, 6.45) is 6.02. The molecule has 1 aromatic heterocycles. The van der Waals surface area contributed by atoms with Crippen LogP contribution >= 0.6 is 0 Å². The van der Waals surface area contributed by atoms with E-state index in [1.54, 1.807) is 0 Å². The Hall–Kier alpha value is -0.870. The van der Waals surface area contributed by atoms with Crippen LogP contribution in [0.5, 0.6) is 0 Å². The van der Waals surface area contributed by atoms with Crippen LogP contribution in [-0.2, 0) is 19.4 Å². The highest BCUT2D eigenvalue weighted by atomic mass is 16.3. The molecule has 2 N–H and O–H groups in total. The van der Waals surface area contributed by atoms with E-state index in [1.165, 1.54) is 42.6 Å². The van der Waals surface area contributed by atoms with Crippen LogP contribution in [-0.4, -0.2) is 34.6 Å².